The fraction of sp³-hybridized carbons (Fsp3) is 1.00. The third kappa shape index (κ3) is 1.84. The van der Waals surface area contributed by atoms with Crippen molar-refractivity contribution in [3.63, 3.8) is 0 Å². The van der Waals surface area contributed by atoms with E-state index in [9.17, 15) is 0 Å². The molecule has 2 heteroatoms. The van der Waals surface area contributed by atoms with Crippen molar-refractivity contribution < 1.29 is 0 Å². The first-order valence-corrected chi connectivity index (χ1v) is 10.2. The summed E-state index contributed by atoms with van der Waals surface area (Å²) in [5.41, 5.74) is 1.18. The van der Waals surface area contributed by atoms with E-state index in [0.717, 1.165) is 47.1 Å². The molecule has 22 heavy (non-hydrogen) atoms. The molecular formula is C20H34BCl. The minimum Gasteiger partial charge on any atom is -0.195 e. The van der Waals surface area contributed by atoms with Gasteiger partial charge in [0, 0.05) is 0 Å². The molecule has 124 valence electrons. The molecule has 0 aromatic carbocycles. The Morgan fingerprint density at radius 1 is 0.727 bits per heavy atom. The van der Waals surface area contributed by atoms with Crippen molar-refractivity contribution in [2.45, 2.75) is 78.9 Å². The van der Waals surface area contributed by atoms with Gasteiger partial charge in [-0.1, -0.05) is 54.4 Å². The van der Waals surface area contributed by atoms with E-state index >= 15 is 0 Å². The van der Waals surface area contributed by atoms with Gasteiger partial charge in [0.15, 0.2) is 0 Å². The number of rotatable bonds is 2. The second kappa shape index (κ2) is 4.71. The van der Waals surface area contributed by atoms with Crippen molar-refractivity contribution in [3.8, 4) is 0 Å². The summed E-state index contributed by atoms with van der Waals surface area (Å²) in [5, 5.41) is 0. The molecule has 0 aromatic heterocycles. The Hall–Kier alpha value is 0.355. The van der Waals surface area contributed by atoms with Crippen LogP contribution >= 0.6 is 11.5 Å². The highest BCUT2D eigenvalue weighted by Crippen LogP contribution is 2.69. The first-order valence-electron chi connectivity index (χ1n) is 9.79. The van der Waals surface area contributed by atoms with Gasteiger partial charge in [-0.2, -0.15) is 11.5 Å². The smallest absolute Gasteiger partial charge is 0.195 e. The monoisotopic (exact) mass is 320 g/mol. The first-order chi connectivity index (χ1) is 10.2. The largest absolute Gasteiger partial charge is 0.257 e. The van der Waals surface area contributed by atoms with Crippen LogP contribution in [0.2, 0.25) is 11.6 Å². The molecule has 6 rings (SSSR count). The molecule has 0 nitrogen and oxygen atoms in total. The van der Waals surface area contributed by atoms with Crippen LogP contribution < -0.4 is 0 Å². The second-order valence-electron chi connectivity index (χ2n) is 10.7. The highest BCUT2D eigenvalue weighted by Gasteiger charge is 2.62. The summed E-state index contributed by atoms with van der Waals surface area (Å²) < 4.78 is 0. The summed E-state index contributed by atoms with van der Waals surface area (Å²) in [4.78, 5) is 0. The predicted octanol–water partition coefficient (Wildman–Crippen LogP) is 6.36. The minimum atomic E-state index is 0.438. The summed E-state index contributed by atoms with van der Waals surface area (Å²) >= 11 is 7.19. The highest BCUT2D eigenvalue weighted by atomic mass is 35.5. The van der Waals surface area contributed by atoms with E-state index in [1.807, 2.05) is 0 Å². The van der Waals surface area contributed by atoms with Crippen LogP contribution in [-0.4, -0.2) is 6.13 Å². The van der Waals surface area contributed by atoms with Gasteiger partial charge in [-0.3, -0.25) is 0 Å². The molecule has 0 saturated heterocycles. The lowest BCUT2D eigenvalue weighted by Crippen LogP contribution is -2.58. The quantitative estimate of drug-likeness (QED) is 0.519. The van der Waals surface area contributed by atoms with Gasteiger partial charge in [-0.25, -0.2) is 0 Å². The Morgan fingerprint density at radius 2 is 1.09 bits per heavy atom. The maximum atomic E-state index is 7.19. The Labute approximate surface area is 143 Å². The van der Waals surface area contributed by atoms with Crippen LogP contribution in [0.3, 0.4) is 0 Å². The van der Waals surface area contributed by atoms with E-state index in [1.54, 1.807) is 0 Å². The zero-order valence-electron chi connectivity index (χ0n) is 15.4. The van der Waals surface area contributed by atoms with E-state index in [1.165, 1.54) is 25.7 Å². The zero-order valence-corrected chi connectivity index (χ0v) is 16.2. The molecule has 6 saturated carbocycles. The van der Waals surface area contributed by atoms with Crippen LogP contribution in [0, 0.1) is 46.3 Å². The molecule has 0 spiro atoms. The average molecular weight is 321 g/mol. The molecule has 0 unspecified atom stereocenters. The Kier molecular flexibility index (Phi) is 3.39. The molecule has 0 amide bonds. The molecule has 0 aromatic rings. The maximum absolute atomic E-state index is 7.19. The van der Waals surface area contributed by atoms with Gasteiger partial charge >= 0.3 is 0 Å². The lowest BCUT2D eigenvalue weighted by Gasteiger charge is -2.65. The summed E-state index contributed by atoms with van der Waals surface area (Å²) in [6.45, 7) is 15.0. The second-order valence-corrected chi connectivity index (χ2v) is 11.2. The molecule has 0 radical (unpaired) electrons. The zero-order chi connectivity index (χ0) is 16.0. The van der Waals surface area contributed by atoms with Crippen molar-refractivity contribution in [3.05, 3.63) is 0 Å². The Morgan fingerprint density at radius 3 is 1.36 bits per heavy atom. The molecule has 6 fully saturated rings. The van der Waals surface area contributed by atoms with Gasteiger partial charge in [0.05, 0.1) is 0 Å². The van der Waals surface area contributed by atoms with Crippen molar-refractivity contribution in [1.29, 1.82) is 0 Å². The van der Waals surface area contributed by atoms with Crippen LogP contribution in [-0.2, 0) is 0 Å². The van der Waals surface area contributed by atoms with E-state index in [-0.39, 0.29) is 0 Å². The van der Waals surface area contributed by atoms with E-state index < -0.39 is 0 Å². The van der Waals surface area contributed by atoms with Crippen LogP contribution in [0.5, 0.6) is 0 Å². The molecule has 6 aliphatic rings. The fourth-order valence-electron chi connectivity index (χ4n) is 7.54. The predicted molar refractivity (Wildman–Crippen MR) is 97.4 cm³/mol. The number of halogens is 1. The topological polar surface area (TPSA) is 0 Å². The van der Waals surface area contributed by atoms with E-state index in [2.05, 4.69) is 41.5 Å². The average Bonchev–Trinajstić information content (AvgIpc) is 2.45. The lowest BCUT2D eigenvalue weighted by atomic mass is 9.30. The standard InChI is InChI=1S/C20H34BCl/c1-11-15-7-13(19(15,3)4)9-17(11)21(22)18-10-14-8-16(12(18)2)20(14,5)6/h11-18H,7-10H2,1-6H3/t11-,12-,13-,14-,15+,16+,17-,18-/m1/s1. The fourth-order valence-corrected chi connectivity index (χ4v) is 8.20. The normalized spacial score (nSPS) is 54.1. The molecule has 0 aliphatic heterocycles. The maximum Gasteiger partial charge on any atom is 0.257 e. The van der Waals surface area contributed by atoms with Crippen LogP contribution in [0.25, 0.3) is 0 Å². The van der Waals surface area contributed by atoms with Crippen LogP contribution in [0.1, 0.15) is 67.2 Å². The summed E-state index contributed by atoms with van der Waals surface area (Å²) in [5.74, 6) is 7.00. The lowest BCUT2D eigenvalue weighted by molar-refractivity contribution is -0.106. The Bertz CT molecular complexity index is 428. The summed E-state index contributed by atoms with van der Waals surface area (Å²) in [6.07, 6.45) is 6.20. The third-order valence-electron chi connectivity index (χ3n) is 9.64. The molecule has 0 N–H and O–H groups in total. The van der Waals surface area contributed by atoms with Crippen LogP contribution in [0.15, 0.2) is 0 Å². The summed E-state index contributed by atoms with van der Waals surface area (Å²) in [7, 11) is 0. The number of hydrogen-bond acceptors (Lipinski definition) is 0. The van der Waals surface area contributed by atoms with Gasteiger partial charge in [-0.05, 0) is 70.8 Å². The van der Waals surface area contributed by atoms with Crippen molar-refractivity contribution in [2.24, 2.45) is 46.3 Å². The van der Waals surface area contributed by atoms with E-state index in [0.29, 0.717) is 17.0 Å². The van der Waals surface area contributed by atoms with Gasteiger partial charge in [0.25, 0.3) is 6.13 Å². The summed E-state index contributed by atoms with van der Waals surface area (Å²) in [6, 6.07) is 0. The van der Waals surface area contributed by atoms with Crippen molar-refractivity contribution in [2.75, 3.05) is 0 Å². The highest BCUT2D eigenvalue weighted by molar-refractivity contribution is 7.08. The van der Waals surface area contributed by atoms with Crippen molar-refractivity contribution in [1.82, 2.24) is 0 Å². The van der Waals surface area contributed by atoms with E-state index in [4.69, 9.17) is 11.5 Å². The van der Waals surface area contributed by atoms with Crippen molar-refractivity contribution >= 4 is 17.6 Å². The molecule has 8 atom stereocenters. The van der Waals surface area contributed by atoms with Gasteiger partial charge < -0.3 is 0 Å². The Balaban J connectivity index is 1.49. The molecule has 0 heterocycles. The molecule has 4 bridgehead atoms. The number of fused-ring (bicyclic) bond motifs is 4. The third-order valence-corrected chi connectivity index (χ3v) is 10.3. The van der Waals surface area contributed by atoms with Gasteiger partial charge in [-0.15, -0.1) is 0 Å². The first kappa shape index (κ1) is 15.9. The molecular weight excluding hydrogens is 286 g/mol. The van der Waals surface area contributed by atoms with Gasteiger partial charge in [0.1, 0.15) is 0 Å². The minimum absolute atomic E-state index is 0.438. The van der Waals surface area contributed by atoms with Crippen LogP contribution in [0.4, 0.5) is 0 Å². The molecule has 6 aliphatic carbocycles. The van der Waals surface area contributed by atoms with Gasteiger partial charge in [0.2, 0.25) is 0 Å². The SMILES string of the molecule is C[C@H]1[C@H](B(Cl)[C@@H]2C[C@H]3C[C@@H]([C@H]2C)C3(C)C)C[C@H]2C[C@@H]1C2(C)C. The number of hydrogen-bond donors (Lipinski definition) is 0.